The van der Waals surface area contributed by atoms with Gasteiger partial charge in [-0.3, -0.25) is 9.78 Å². The molecule has 1 N–H and O–H groups in total. The predicted molar refractivity (Wildman–Crippen MR) is 131 cm³/mol. The Hall–Kier alpha value is -3.75. The van der Waals surface area contributed by atoms with E-state index in [0.29, 0.717) is 36.1 Å². The van der Waals surface area contributed by atoms with E-state index in [2.05, 4.69) is 66.9 Å². The number of ketones is 1. The monoisotopic (exact) mass is 470 g/mol. The Morgan fingerprint density at radius 2 is 1.94 bits per heavy atom. The highest BCUT2D eigenvalue weighted by atomic mass is 16.1. The number of aryl methyl sites for hydroxylation is 1. The number of tetrazole rings is 1. The number of hydrogen-bond donors (Lipinski definition) is 1. The van der Waals surface area contributed by atoms with Gasteiger partial charge in [-0.1, -0.05) is 69.4 Å². The largest absolute Gasteiger partial charge is 0.291 e. The number of H-pyrrole nitrogens is 1. The van der Waals surface area contributed by atoms with Crippen molar-refractivity contribution in [1.29, 1.82) is 0 Å². The smallest absolute Gasteiger partial charge is 0.223 e. The van der Waals surface area contributed by atoms with Crippen LogP contribution in [0, 0.1) is 5.92 Å². The summed E-state index contributed by atoms with van der Waals surface area (Å²) in [5.41, 5.74) is 3.73. The second-order valence-electron chi connectivity index (χ2n) is 9.21. The molecule has 9 heteroatoms. The lowest BCUT2D eigenvalue weighted by atomic mass is 9.86. The Bertz CT molecular complexity index is 1260. The van der Waals surface area contributed by atoms with Crippen molar-refractivity contribution in [2.24, 2.45) is 5.92 Å². The third-order valence-corrected chi connectivity index (χ3v) is 6.62. The SMILES string of the molecule is CCCn1nc(C(=O)CC2CCCCC2)nc1Cc1ccc(-c2cccnc2-c2nn[nH]n2)cc1. The second kappa shape index (κ2) is 10.7. The summed E-state index contributed by atoms with van der Waals surface area (Å²) < 4.78 is 1.90. The molecule has 4 aromatic rings. The molecule has 0 radical (unpaired) electrons. The van der Waals surface area contributed by atoms with Gasteiger partial charge in [-0.25, -0.2) is 9.67 Å². The lowest BCUT2D eigenvalue weighted by Gasteiger charge is -2.19. The normalized spacial score (nSPS) is 14.3. The van der Waals surface area contributed by atoms with E-state index >= 15 is 0 Å². The lowest BCUT2D eigenvalue weighted by Crippen LogP contribution is -2.13. The molecule has 3 heterocycles. The molecular formula is C26H30N8O. The summed E-state index contributed by atoms with van der Waals surface area (Å²) in [5.74, 6) is 2.23. The highest BCUT2D eigenvalue weighted by Crippen LogP contribution is 2.29. The van der Waals surface area contributed by atoms with Crippen LogP contribution in [-0.2, 0) is 13.0 Å². The van der Waals surface area contributed by atoms with E-state index in [0.717, 1.165) is 48.3 Å². The zero-order valence-electron chi connectivity index (χ0n) is 20.0. The molecule has 35 heavy (non-hydrogen) atoms. The van der Waals surface area contributed by atoms with Crippen LogP contribution >= 0.6 is 0 Å². The van der Waals surface area contributed by atoms with E-state index in [1.807, 2.05) is 16.8 Å². The van der Waals surface area contributed by atoms with Gasteiger partial charge < -0.3 is 0 Å². The zero-order chi connectivity index (χ0) is 24.0. The minimum Gasteiger partial charge on any atom is -0.291 e. The standard InChI is InChI=1S/C26H30N8O/c1-2-15-34-23(28-25(31-34)22(35)16-18-7-4-3-5-8-18)17-19-10-12-20(13-11-19)21-9-6-14-27-24(21)26-29-32-33-30-26/h6,9-14,18H,2-5,7-8,15-17H2,1H3,(H,29,30,32,33). The van der Waals surface area contributed by atoms with Gasteiger partial charge in [0, 0.05) is 31.1 Å². The Kier molecular flexibility index (Phi) is 7.02. The molecule has 0 amide bonds. The number of hydrogen-bond acceptors (Lipinski definition) is 7. The maximum absolute atomic E-state index is 12.9. The summed E-state index contributed by atoms with van der Waals surface area (Å²) in [6.07, 6.45) is 9.88. The third kappa shape index (κ3) is 5.34. The minimum atomic E-state index is 0.0777. The van der Waals surface area contributed by atoms with Crippen LogP contribution in [0.5, 0.6) is 0 Å². The molecule has 0 aliphatic heterocycles. The highest BCUT2D eigenvalue weighted by Gasteiger charge is 2.22. The highest BCUT2D eigenvalue weighted by molar-refractivity contribution is 5.92. The Balaban J connectivity index is 1.34. The molecule has 180 valence electrons. The predicted octanol–water partition coefficient (Wildman–Crippen LogP) is 4.67. The van der Waals surface area contributed by atoms with Gasteiger partial charge in [0.15, 0.2) is 0 Å². The number of nitrogens with zero attached hydrogens (tertiary/aromatic N) is 7. The number of Topliss-reactive ketones (excluding diaryl/α,β-unsaturated/α-hetero) is 1. The number of rotatable bonds is 9. The van der Waals surface area contributed by atoms with Crippen LogP contribution in [0.1, 0.15) is 73.9 Å². The van der Waals surface area contributed by atoms with Crippen LogP contribution in [0.2, 0.25) is 0 Å². The summed E-state index contributed by atoms with van der Waals surface area (Å²) in [6.45, 7) is 2.86. The fourth-order valence-corrected chi connectivity index (χ4v) is 4.82. The molecule has 1 aromatic carbocycles. The van der Waals surface area contributed by atoms with E-state index in [9.17, 15) is 4.79 Å². The number of pyridine rings is 1. The van der Waals surface area contributed by atoms with Crippen LogP contribution in [0.25, 0.3) is 22.6 Å². The summed E-state index contributed by atoms with van der Waals surface area (Å²) in [7, 11) is 0. The van der Waals surface area contributed by atoms with Crippen LogP contribution in [0.3, 0.4) is 0 Å². The van der Waals surface area contributed by atoms with Crippen LogP contribution < -0.4 is 0 Å². The first-order chi connectivity index (χ1) is 17.2. The molecule has 0 spiro atoms. The fraction of sp³-hybridized carbons (Fsp3) is 0.423. The molecule has 0 atom stereocenters. The zero-order valence-corrected chi connectivity index (χ0v) is 20.0. The maximum atomic E-state index is 12.9. The molecule has 1 aliphatic rings. The average Bonchev–Trinajstić information content (AvgIpc) is 3.56. The first-order valence-electron chi connectivity index (χ1n) is 12.5. The van der Waals surface area contributed by atoms with E-state index in [4.69, 9.17) is 0 Å². The van der Waals surface area contributed by atoms with Gasteiger partial charge in [0.25, 0.3) is 0 Å². The second-order valence-corrected chi connectivity index (χ2v) is 9.21. The van der Waals surface area contributed by atoms with Gasteiger partial charge in [0.2, 0.25) is 17.4 Å². The van der Waals surface area contributed by atoms with Crippen LogP contribution in [-0.4, -0.2) is 46.2 Å². The molecule has 0 saturated heterocycles. The van der Waals surface area contributed by atoms with Gasteiger partial charge in [-0.05, 0) is 34.7 Å². The van der Waals surface area contributed by atoms with Crippen molar-refractivity contribution in [3.8, 4) is 22.6 Å². The van der Waals surface area contributed by atoms with Crippen LogP contribution in [0.15, 0.2) is 42.6 Å². The maximum Gasteiger partial charge on any atom is 0.223 e. The van der Waals surface area contributed by atoms with Crippen molar-refractivity contribution in [3.63, 3.8) is 0 Å². The number of benzene rings is 1. The van der Waals surface area contributed by atoms with E-state index in [-0.39, 0.29) is 5.78 Å². The average molecular weight is 471 g/mol. The first kappa shape index (κ1) is 23.0. The molecule has 1 aliphatic carbocycles. The van der Waals surface area contributed by atoms with Crippen molar-refractivity contribution >= 4 is 5.78 Å². The van der Waals surface area contributed by atoms with Crippen molar-refractivity contribution in [3.05, 3.63) is 59.8 Å². The molecule has 3 aromatic heterocycles. The van der Waals surface area contributed by atoms with Crippen molar-refractivity contribution in [1.82, 2.24) is 40.4 Å². The molecule has 1 saturated carbocycles. The molecule has 9 nitrogen and oxygen atoms in total. The Morgan fingerprint density at radius 1 is 1.11 bits per heavy atom. The molecule has 0 bridgehead atoms. The quantitative estimate of drug-likeness (QED) is 0.353. The van der Waals surface area contributed by atoms with Crippen LogP contribution in [0.4, 0.5) is 0 Å². The fourth-order valence-electron chi connectivity index (χ4n) is 4.82. The number of aromatic amines is 1. The lowest BCUT2D eigenvalue weighted by molar-refractivity contribution is 0.0939. The van der Waals surface area contributed by atoms with Gasteiger partial charge in [0.1, 0.15) is 11.5 Å². The molecule has 0 unspecified atom stereocenters. The van der Waals surface area contributed by atoms with Gasteiger partial charge in [-0.2, -0.15) is 5.21 Å². The van der Waals surface area contributed by atoms with E-state index in [1.165, 1.54) is 19.3 Å². The Morgan fingerprint density at radius 3 is 2.69 bits per heavy atom. The van der Waals surface area contributed by atoms with Gasteiger partial charge in [-0.15, -0.1) is 15.3 Å². The minimum absolute atomic E-state index is 0.0777. The summed E-state index contributed by atoms with van der Waals surface area (Å²) in [4.78, 5) is 22.0. The molecule has 1 fully saturated rings. The van der Waals surface area contributed by atoms with Crippen molar-refractivity contribution in [2.75, 3.05) is 0 Å². The van der Waals surface area contributed by atoms with Gasteiger partial charge in [0.05, 0.1) is 0 Å². The van der Waals surface area contributed by atoms with Gasteiger partial charge >= 0.3 is 0 Å². The number of carbonyl (C=O) groups is 1. The topological polar surface area (TPSA) is 115 Å². The Labute approximate surface area is 204 Å². The number of nitrogens with one attached hydrogen (secondary N) is 1. The molecule has 5 rings (SSSR count). The summed E-state index contributed by atoms with van der Waals surface area (Å²) >= 11 is 0. The van der Waals surface area contributed by atoms with Crippen molar-refractivity contribution in [2.45, 2.75) is 64.8 Å². The number of aromatic nitrogens is 8. The summed E-state index contributed by atoms with van der Waals surface area (Å²) in [5, 5.41) is 18.9. The third-order valence-electron chi connectivity index (χ3n) is 6.62. The summed E-state index contributed by atoms with van der Waals surface area (Å²) in [6, 6.07) is 12.2. The first-order valence-corrected chi connectivity index (χ1v) is 12.5. The van der Waals surface area contributed by atoms with Crippen molar-refractivity contribution < 1.29 is 4.79 Å². The number of carbonyl (C=O) groups excluding carboxylic acids is 1. The van der Waals surface area contributed by atoms with E-state index < -0.39 is 0 Å². The molecular weight excluding hydrogens is 440 g/mol. The van der Waals surface area contributed by atoms with E-state index in [1.54, 1.807) is 6.20 Å².